The summed E-state index contributed by atoms with van der Waals surface area (Å²) >= 11 is 6.31. The molecular weight excluding hydrogens is 594 g/mol. The van der Waals surface area contributed by atoms with Crippen LogP contribution in [0.4, 0.5) is 10.5 Å². The van der Waals surface area contributed by atoms with Gasteiger partial charge in [0.2, 0.25) is 0 Å². The van der Waals surface area contributed by atoms with E-state index in [4.69, 9.17) is 16.8 Å². The van der Waals surface area contributed by atoms with Gasteiger partial charge in [-0.3, -0.25) is 4.90 Å². The molecule has 6 rings (SSSR count). The maximum absolute atomic E-state index is 13.5. The zero-order chi connectivity index (χ0) is 31.7. The van der Waals surface area contributed by atoms with Crippen LogP contribution in [0.3, 0.4) is 0 Å². The highest BCUT2D eigenvalue weighted by molar-refractivity contribution is 6.30. The summed E-state index contributed by atoms with van der Waals surface area (Å²) in [5.74, 6) is 0. The van der Waals surface area contributed by atoms with Gasteiger partial charge in [-0.2, -0.15) is 0 Å². The minimum atomic E-state index is -0.190. The first-order chi connectivity index (χ1) is 22.5. The van der Waals surface area contributed by atoms with Gasteiger partial charge >= 0.3 is 6.03 Å². The summed E-state index contributed by atoms with van der Waals surface area (Å²) in [4.78, 5) is 18.3. The SMILES string of the molecule is Cc1ccc(Cl)cc1N1CCN(Cc2cn([C@@H](Cc3ccccc3)[C@H](Cc3ccccc3)NC(=O)NC3CCCCC3)nn2)CC1. The van der Waals surface area contributed by atoms with Crippen LogP contribution in [-0.2, 0) is 19.4 Å². The smallest absolute Gasteiger partial charge is 0.315 e. The highest BCUT2D eigenvalue weighted by Crippen LogP contribution is 2.26. The molecule has 1 saturated carbocycles. The van der Waals surface area contributed by atoms with Crippen molar-refractivity contribution in [2.75, 3.05) is 31.1 Å². The summed E-state index contributed by atoms with van der Waals surface area (Å²) in [7, 11) is 0. The van der Waals surface area contributed by atoms with Crippen molar-refractivity contribution < 1.29 is 4.79 Å². The second-order valence-electron chi connectivity index (χ2n) is 12.9. The number of carbonyl (C=O) groups excluding carboxylic acids is 1. The van der Waals surface area contributed by atoms with E-state index in [2.05, 4.69) is 99.3 Å². The molecule has 0 bridgehead atoms. The van der Waals surface area contributed by atoms with Crippen LogP contribution in [0.1, 0.15) is 60.5 Å². The average molecular weight is 640 g/mol. The molecule has 1 saturated heterocycles. The Labute approximate surface area is 278 Å². The zero-order valence-corrected chi connectivity index (χ0v) is 27.6. The van der Waals surface area contributed by atoms with Crippen molar-refractivity contribution in [3.8, 4) is 0 Å². The predicted octanol–water partition coefficient (Wildman–Crippen LogP) is 6.59. The Morgan fingerprint density at radius 3 is 2.26 bits per heavy atom. The molecule has 0 spiro atoms. The number of rotatable bonds is 11. The molecule has 1 aromatic heterocycles. The molecule has 4 aromatic rings. The predicted molar refractivity (Wildman–Crippen MR) is 185 cm³/mol. The Bertz CT molecular complexity index is 1530. The molecule has 1 aliphatic heterocycles. The van der Waals surface area contributed by atoms with E-state index in [0.29, 0.717) is 6.42 Å². The van der Waals surface area contributed by atoms with Crippen LogP contribution in [0.15, 0.2) is 85.1 Å². The van der Waals surface area contributed by atoms with Crippen molar-refractivity contribution in [3.05, 3.63) is 112 Å². The maximum atomic E-state index is 13.5. The summed E-state index contributed by atoms with van der Waals surface area (Å²) in [6, 6.07) is 26.8. The van der Waals surface area contributed by atoms with Crippen molar-refractivity contribution in [1.29, 1.82) is 0 Å². The number of benzene rings is 3. The molecule has 2 aliphatic rings. The minimum Gasteiger partial charge on any atom is -0.369 e. The lowest BCUT2D eigenvalue weighted by atomic mass is 9.94. The number of hydrogen-bond donors (Lipinski definition) is 2. The van der Waals surface area contributed by atoms with Gasteiger partial charge in [0.1, 0.15) is 0 Å². The molecule has 1 aliphatic carbocycles. The van der Waals surface area contributed by atoms with E-state index in [0.717, 1.165) is 62.7 Å². The number of hydrogen-bond acceptors (Lipinski definition) is 5. The molecular formula is C37H46ClN7O. The molecule has 2 heterocycles. The van der Waals surface area contributed by atoms with Gasteiger partial charge in [0.25, 0.3) is 0 Å². The zero-order valence-electron chi connectivity index (χ0n) is 26.8. The number of amides is 2. The first-order valence-corrected chi connectivity index (χ1v) is 17.2. The average Bonchev–Trinajstić information content (AvgIpc) is 3.54. The standard InChI is InChI=1S/C37H46ClN7O/c1-28-17-18-31(38)25-35(28)44-21-19-43(20-22-44)26-33-27-45(42-41-33)36(24-30-13-7-3-8-14-30)34(23-29-11-5-2-6-12-29)40-37(46)39-32-15-9-4-10-16-32/h2-3,5-8,11-14,17-18,25,27,32,34,36H,4,9-10,15-16,19-24,26H2,1H3,(H2,39,40,46)/t34-,36-/m0/s1. The summed E-state index contributed by atoms with van der Waals surface area (Å²) < 4.78 is 1.99. The Morgan fingerprint density at radius 1 is 0.891 bits per heavy atom. The third kappa shape index (κ3) is 8.68. The van der Waals surface area contributed by atoms with Crippen LogP contribution in [-0.4, -0.2) is 64.2 Å². The first-order valence-electron chi connectivity index (χ1n) is 16.8. The van der Waals surface area contributed by atoms with Gasteiger partial charge in [-0.1, -0.05) is 103 Å². The monoisotopic (exact) mass is 639 g/mol. The number of halogens is 1. The number of anilines is 1. The van der Waals surface area contributed by atoms with E-state index in [1.165, 1.54) is 41.6 Å². The number of urea groups is 1. The summed E-state index contributed by atoms with van der Waals surface area (Å²) in [6.07, 6.45) is 9.19. The molecule has 9 heteroatoms. The highest BCUT2D eigenvalue weighted by atomic mass is 35.5. The Hall–Kier alpha value is -3.88. The molecule has 2 atom stereocenters. The molecule has 242 valence electrons. The van der Waals surface area contributed by atoms with Gasteiger partial charge in [-0.05, 0) is 61.4 Å². The van der Waals surface area contributed by atoms with Crippen molar-refractivity contribution in [3.63, 3.8) is 0 Å². The van der Waals surface area contributed by atoms with Crippen LogP contribution in [0, 0.1) is 6.92 Å². The van der Waals surface area contributed by atoms with Crippen molar-refractivity contribution >= 4 is 23.3 Å². The normalized spacial score (nSPS) is 17.4. The van der Waals surface area contributed by atoms with Crippen molar-refractivity contribution in [2.45, 2.75) is 76.5 Å². The van der Waals surface area contributed by atoms with Crippen LogP contribution in [0.5, 0.6) is 0 Å². The number of nitrogens with one attached hydrogen (secondary N) is 2. The van der Waals surface area contributed by atoms with E-state index in [9.17, 15) is 4.79 Å². The Kier molecular flexibility index (Phi) is 10.9. The van der Waals surface area contributed by atoms with E-state index >= 15 is 0 Å². The molecule has 2 N–H and O–H groups in total. The number of aromatic nitrogens is 3. The lowest BCUT2D eigenvalue weighted by Gasteiger charge is -2.36. The van der Waals surface area contributed by atoms with Gasteiger partial charge in [0, 0.05) is 49.5 Å². The molecule has 8 nitrogen and oxygen atoms in total. The molecule has 0 unspecified atom stereocenters. The fraction of sp³-hybridized carbons (Fsp3) is 0.432. The largest absolute Gasteiger partial charge is 0.369 e. The number of aryl methyl sites for hydroxylation is 1. The Balaban J connectivity index is 1.18. The quantitative estimate of drug-likeness (QED) is 0.194. The minimum absolute atomic E-state index is 0.0981. The molecule has 3 aromatic carbocycles. The molecule has 46 heavy (non-hydrogen) atoms. The third-order valence-electron chi connectivity index (χ3n) is 9.47. The van der Waals surface area contributed by atoms with E-state index < -0.39 is 0 Å². The lowest BCUT2D eigenvalue weighted by Crippen LogP contribution is -2.50. The third-order valence-corrected chi connectivity index (χ3v) is 9.71. The highest BCUT2D eigenvalue weighted by Gasteiger charge is 2.29. The molecule has 0 radical (unpaired) electrons. The topological polar surface area (TPSA) is 78.3 Å². The summed E-state index contributed by atoms with van der Waals surface area (Å²) in [6.45, 7) is 6.62. The summed E-state index contributed by atoms with van der Waals surface area (Å²) in [5, 5.41) is 16.8. The number of nitrogens with zero attached hydrogens (tertiary/aromatic N) is 5. The Morgan fingerprint density at radius 2 is 1.57 bits per heavy atom. The van der Waals surface area contributed by atoms with Gasteiger partial charge in [-0.15, -0.1) is 5.10 Å². The fourth-order valence-corrected chi connectivity index (χ4v) is 7.08. The van der Waals surface area contributed by atoms with Crippen LogP contribution < -0.4 is 15.5 Å². The fourth-order valence-electron chi connectivity index (χ4n) is 6.92. The number of piperazine rings is 1. The second kappa shape index (κ2) is 15.6. The van der Waals surface area contributed by atoms with Crippen LogP contribution in [0.25, 0.3) is 0 Å². The molecule has 2 fully saturated rings. The van der Waals surface area contributed by atoms with Crippen molar-refractivity contribution in [1.82, 2.24) is 30.5 Å². The maximum Gasteiger partial charge on any atom is 0.315 e. The molecule has 2 amide bonds. The van der Waals surface area contributed by atoms with Gasteiger partial charge in [0.15, 0.2) is 0 Å². The lowest BCUT2D eigenvalue weighted by molar-refractivity contribution is 0.220. The van der Waals surface area contributed by atoms with E-state index in [-0.39, 0.29) is 24.2 Å². The van der Waals surface area contributed by atoms with Gasteiger partial charge in [-0.25, -0.2) is 9.48 Å². The first kappa shape index (κ1) is 32.1. The number of carbonyl (C=O) groups is 1. The van der Waals surface area contributed by atoms with Gasteiger partial charge in [0.05, 0.1) is 24.0 Å². The second-order valence-corrected chi connectivity index (χ2v) is 13.3. The summed E-state index contributed by atoms with van der Waals surface area (Å²) in [5.41, 5.74) is 5.78. The van der Waals surface area contributed by atoms with Crippen LogP contribution >= 0.6 is 11.6 Å². The van der Waals surface area contributed by atoms with Crippen molar-refractivity contribution in [2.24, 2.45) is 0 Å². The van der Waals surface area contributed by atoms with Crippen LogP contribution in [0.2, 0.25) is 5.02 Å². The van der Waals surface area contributed by atoms with E-state index in [1.54, 1.807) is 0 Å². The van der Waals surface area contributed by atoms with Gasteiger partial charge < -0.3 is 15.5 Å². The van der Waals surface area contributed by atoms with E-state index in [1.807, 2.05) is 22.9 Å².